The van der Waals surface area contributed by atoms with Crippen molar-refractivity contribution < 1.29 is 14.3 Å². The summed E-state index contributed by atoms with van der Waals surface area (Å²) in [6.45, 7) is 1.63. The molecule has 0 aliphatic rings. The van der Waals surface area contributed by atoms with Crippen molar-refractivity contribution in [2.75, 3.05) is 18.2 Å². The lowest BCUT2D eigenvalue weighted by atomic mass is 10.2. The van der Waals surface area contributed by atoms with Crippen LogP contribution in [0.2, 0.25) is 0 Å². The Morgan fingerprint density at radius 2 is 1.96 bits per heavy atom. The maximum absolute atomic E-state index is 12.1. The number of ether oxygens (including phenoxy) is 1. The number of carbonyl (C=O) groups excluding carboxylic acids is 2. The van der Waals surface area contributed by atoms with Gasteiger partial charge in [-0.2, -0.15) is 0 Å². The molecule has 0 aliphatic carbocycles. The first kappa shape index (κ1) is 17.6. The third kappa shape index (κ3) is 4.84. The van der Waals surface area contributed by atoms with Gasteiger partial charge in [-0.25, -0.2) is 4.79 Å². The molecule has 1 N–H and O–H groups in total. The number of thioether (sulfide) groups is 1. The number of rotatable bonds is 5. The van der Waals surface area contributed by atoms with E-state index in [1.165, 1.54) is 11.8 Å². The Balaban J connectivity index is 1.95. The van der Waals surface area contributed by atoms with Crippen LogP contribution in [0.4, 0.5) is 5.69 Å². The van der Waals surface area contributed by atoms with Gasteiger partial charge >= 0.3 is 5.97 Å². The SMILES string of the molecule is CSc1ccccc1C(=O)OCC(=O)Nc1ccc(C)cc1Br. The van der Waals surface area contributed by atoms with Crippen LogP contribution < -0.4 is 5.32 Å². The molecule has 2 rings (SSSR count). The van der Waals surface area contributed by atoms with Crippen molar-refractivity contribution in [1.29, 1.82) is 0 Å². The van der Waals surface area contributed by atoms with Crippen LogP contribution in [0.1, 0.15) is 15.9 Å². The van der Waals surface area contributed by atoms with Crippen molar-refractivity contribution in [3.63, 3.8) is 0 Å². The molecule has 6 heteroatoms. The smallest absolute Gasteiger partial charge is 0.339 e. The standard InChI is InChI=1S/C17H16BrNO3S/c1-11-7-8-14(13(18)9-11)19-16(20)10-22-17(21)12-5-3-4-6-15(12)23-2/h3-9H,10H2,1-2H3,(H,19,20). The van der Waals surface area contributed by atoms with Gasteiger partial charge in [0, 0.05) is 9.37 Å². The molecule has 120 valence electrons. The molecular weight excluding hydrogens is 378 g/mol. The minimum atomic E-state index is -0.506. The number of anilines is 1. The predicted molar refractivity (Wildman–Crippen MR) is 96.0 cm³/mol. The van der Waals surface area contributed by atoms with E-state index in [0.29, 0.717) is 11.3 Å². The van der Waals surface area contributed by atoms with Crippen molar-refractivity contribution in [2.45, 2.75) is 11.8 Å². The molecule has 0 fully saturated rings. The molecule has 0 aliphatic heterocycles. The number of amides is 1. The molecule has 2 aromatic carbocycles. The van der Waals surface area contributed by atoms with Crippen LogP contribution in [-0.2, 0) is 9.53 Å². The maximum atomic E-state index is 12.1. The van der Waals surface area contributed by atoms with E-state index >= 15 is 0 Å². The molecule has 23 heavy (non-hydrogen) atoms. The largest absolute Gasteiger partial charge is 0.452 e. The first-order valence-corrected chi connectivity index (χ1v) is 8.89. The van der Waals surface area contributed by atoms with Gasteiger partial charge in [0.05, 0.1) is 11.3 Å². The highest BCUT2D eigenvalue weighted by atomic mass is 79.9. The van der Waals surface area contributed by atoms with Gasteiger partial charge in [0.1, 0.15) is 0 Å². The van der Waals surface area contributed by atoms with Crippen molar-refractivity contribution in [2.24, 2.45) is 0 Å². The average Bonchev–Trinajstić information content (AvgIpc) is 2.55. The molecular formula is C17H16BrNO3S. The van der Waals surface area contributed by atoms with Crippen LogP contribution in [0, 0.1) is 6.92 Å². The van der Waals surface area contributed by atoms with E-state index in [1.54, 1.807) is 18.2 Å². The molecule has 0 saturated carbocycles. The molecule has 4 nitrogen and oxygen atoms in total. The van der Waals surface area contributed by atoms with E-state index < -0.39 is 5.97 Å². The first-order chi connectivity index (χ1) is 11.0. The lowest BCUT2D eigenvalue weighted by molar-refractivity contribution is -0.119. The third-order valence-electron chi connectivity index (χ3n) is 3.06. The topological polar surface area (TPSA) is 55.4 Å². The number of hydrogen-bond donors (Lipinski definition) is 1. The molecule has 0 heterocycles. The summed E-state index contributed by atoms with van der Waals surface area (Å²) in [6.07, 6.45) is 1.88. The number of carbonyl (C=O) groups is 2. The Morgan fingerprint density at radius 3 is 2.65 bits per heavy atom. The third-order valence-corrected chi connectivity index (χ3v) is 4.51. The fourth-order valence-corrected chi connectivity index (χ4v) is 3.11. The van der Waals surface area contributed by atoms with Crippen LogP contribution >= 0.6 is 27.7 Å². The van der Waals surface area contributed by atoms with Gasteiger partial charge < -0.3 is 10.1 Å². The molecule has 1 amide bonds. The Bertz CT molecular complexity index is 734. The number of nitrogens with one attached hydrogen (secondary N) is 1. The molecule has 0 saturated heterocycles. The van der Waals surface area contributed by atoms with Gasteiger partial charge in [-0.05, 0) is 58.9 Å². The molecule has 2 aromatic rings. The summed E-state index contributed by atoms with van der Waals surface area (Å²) in [6, 6.07) is 12.7. The Morgan fingerprint density at radius 1 is 1.22 bits per heavy atom. The van der Waals surface area contributed by atoms with E-state index in [-0.39, 0.29) is 12.5 Å². The maximum Gasteiger partial charge on any atom is 0.339 e. The van der Waals surface area contributed by atoms with Gasteiger partial charge in [-0.15, -0.1) is 11.8 Å². The Hall–Kier alpha value is -1.79. The van der Waals surface area contributed by atoms with Gasteiger partial charge in [0.25, 0.3) is 5.91 Å². The molecule has 0 unspecified atom stereocenters. The zero-order valence-electron chi connectivity index (χ0n) is 12.8. The number of hydrogen-bond acceptors (Lipinski definition) is 4. The normalized spacial score (nSPS) is 10.2. The lowest BCUT2D eigenvalue weighted by Crippen LogP contribution is -2.21. The summed E-state index contributed by atoms with van der Waals surface area (Å²) in [7, 11) is 0. The van der Waals surface area contributed by atoms with Crippen LogP contribution in [0.3, 0.4) is 0 Å². The second-order valence-corrected chi connectivity index (χ2v) is 6.51. The van der Waals surface area contributed by atoms with Crippen molar-refractivity contribution >= 4 is 45.3 Å². The lowest BCUT2D eigenvalue weighted by Gasteiger charge is -2.10. The first-order valence-electron chi connectivity index (χ1n) is 6.87. The van der Waals surface area contributed by atoms with E-state index in [0.717, 1.165) is 14.9 Å². The molecule has 0 radical (unpaired) electrons. The number of halogens is 1. The van der Waals surface area contributed by atoms with Crippen LogP contribution in [0.15, 0.2) is 51.8 Å². The zero-order chi connectivity index (χ0) is 16.8. The highest BCUT2D eigenvalue weighted by Crippen LogP contribution is 2.23. The fraction of sp³-hybridized carbons (Fsp3) is 0.176. The van der Waals surface area contributed by atoms with E-state index in [2.05, 4.69) is 21.2 Å². The summed E-state index contributed by atoms with van der Waals surface area (Å²) in [5.41, 5.74) is 2.18. The van der Waals surface area contributed by atoms with Gasteiger partial charge in [-0.3, -0.25) is 4.79 Å². The summed E-state index contributed by atoms with van der Waals surface area (Å²) in [5, 5.41) is 2.70. The molecule has 0 aromatic heterocycles. The fourth-order valence-electron chi connectivity index (χ4n) is 1.93. The van der Waals surface area contributed by atoms with Gasteiger partial charge in [0.15, 0.2) is 6.61 Å². The predicted octanol–water partition coefficient (Wildman–Crippen LogP) is 4.27. The summed E-state index contributed by atoms with van der Waals surface area (Å²) >= 11 is 4.84. The highest BCUT2D eigenvalue weighted by Gasteiger charge is 2.14. The van der Waals surface area contributed by atoms with Gasteiger partial charge in [-0.1, -0.05) is 18.2 Å². The van der Waals surface area contributed by atoms with Crippen LogP contribution in [0.5, 0.6) is 0 Å². The minimum Gasteiger partial charge on any atom is -0.452 e. The number of esters is 1. The highest BCUT2D eigenvalue weighted by molar-refractivity contribution is 9.10. The van der Waals surface area contributed by atoms with Gasteiger partial charge in [0.2, 0.25) is 0 Å². The van der Waals surface area contributed by atoms with Crippen LogP contribution in [0.25, 0.3) is 0 Å². The summed E-state index contributed by atoms with van der Waals surface area (Å²) in [4.78, 5) is 24.8. The van der Waals surface area contributed by atoms with Crippen molar-refractivity contribution in [3.05, 3.63) is 58.1 Å². The monoisotopic (exact) mass is 393 g/mol. The summed E-state index contributed by atoms with van der Waals surface area (Å²) in [5.74, 6) is -0.891. The second-order valence-electron chi connectivity index (χ2n) is 4.81. The Labute approximate surface area is 147 Å². The molecule has 0 atom stereocenters. The van der Waals surface area contributed by atoms with Crippen molar-refractivity contribution in [3.8, 4) is 0 Å². The van der Waals surface area contributed by atoms with E-state index in [9.17, 15) is 9.59 Å². The molecule has 0 bridgehead atoms. The molecule has 0 spiro atoms. The van der Waals surface area contributed by atoms with Crippen molar-refractivity contribution in [1.82, 2.24) is 0 Å². The average molecular weight is 394 g/mol. The Kier molecular flexibility index (Phi) is 6.24. The number of aryl methyl sites for hydroxylation is 1. The second kappa shape index (κ2) is 8.17. The quantitative estimate of drug-likeness (QED) is 0.608. The van der Waals surface area contributed by atoms with E-state index in [4.69, 9.17) is 4.74 Å². The van der Waals surface area contributed by atoms with E-state index in [1.807, 2.05) is 37.4 Å². The van der Waals surface area contributed by atoms with Crippen LogP contribution in [-0.4, -0.2) is 24.7 Å². The summed E-state index contributed by atoms with van der Waals surface area (Å²) < 4.78 is 5.87. The number of benzene rings is 2. The zero-order valence-corrected chi connectivity index (χ0v) is 15.2. The minimum absolute atomic E-state index is 0.331.